The first-order valence-corrected chi connectivity index (χ1v) is 27.8. The normalized spacial score (nSPS) is 12.0. The van der Waals surface area contributed by atoms with Crippen LogP contribution in [0.3, 0.4) is 0 Å². The molecule has 4 aromatic heterocycles. The number of amides is 2. The largest absolute Gasteiger partial charge is 0.463 e. The van der Waals surface area contributed by atoms with Crippen molar-refractivity contribution in [1.82, 2.24) is 56.7 Å². The van der Waals surface area contributed by atoms with Crippen LogP contribution < -0.4 is 16.0 Å². The number of benzene rings is 8. The quantitative estimate of drug-likeness (QED) is 0.0362. The zero-order valence-electron chi connectivity index (χ0n) is 47.3. The van der Waals surface area contributed by atoms with Gasteiger partial charge in [-0.2, -0.15) is 20.4 Å². The number of nitrogens with zero attached hydrogens (tertiary/aromatic N) is 4. The zero-order chi connectivity index (χ0) is 58.5. The van der Waals surface area contributed by atoms with E-state index in [4.69, 9.17) is 4.74 Å². The first-order chi connectivity index (χ1) is 41.3. The molecule has 0 radical (unpaired) electrons. The van der Waals surface area contributed by atoms with Gasteiger partial charge in [0.25, 0.3) is 0 Å². The number of nitrogens with one attached hydrogen (secondary N) is 7. The highest BCUT2D eigenvalue weighted by Crippen LogP contribution is 2.35. The van der Waals surface area contributed by atoms with Gasteiger partial charge in [0, 0.05) is 66.0 Å². The van der Waals surface area contributed by atoms with Crippen molar-refractivity contribution in [3.8, 4) is 0 Å². The Morgan fingerprint density at radius 3 is 1.31 bits per heavy atom. The maximum absolute atomic E-state index is 12.0. The second-order valence-corrected chi connectivity index (χ2v) is 19.5. The molecular formula is C69H67N11O4. The summed E-state index contributed by atoms with van der Waals surface area (Å²) < 4.78 is 5.07. The molecule has 0 saturated carbocycles. The van der Waals surface area contributed by atoms with Gasteiger partial charge < -0.3 is 20.7 Å². The number of likely N-dealkylation sites (N-methyl/N-ethyl adjacent to an activating group) is 1. The molecule has 0 aliphatic carbocycles. The number of carbonyl (C=O) groups excluding carboxylic acids is 3. The fourth-order valence-corrected chi connectivity index (χ4v) is 10.2. The van der Waals surface area contributed by atoms with Crippen LogP contribution in [-0.2, 0) is 19.1 Å². The SMILES string of the molecule is CCOC(=O)/C=C(\c1ccccc1)c1cccc2[nH]ncc12.CNC(=O)/C=C(\c1ccccc1)c1cccc2[nH]ncc12.CNC(=O)CC(c1ccccc1)c1cccc2[nH]ncc12.CNCCC(c1ccccc1)c1cccc2[nH]ncc12. The van der Waals surface area contributed by atoms with E-state index in [1.165, 1.54) is 16.5 Å². The summed E-state index contributed by atoms with van der Waals surface area (Å²) in [6, 6.07) is 64.7. The summed E-state index contributed by atoms with van der Waals surface area (Å²) in [5.41, 5.74) is 14.5. The van der Waals surface area contributed by atoms with E-state index in [0.717, 1.165) is 95.7 Å². The summed E-state index contributed by atoms with van der Waals surface area (Å²) in [4.78, 5) is 35.7. The van der Waals surface area contributed by atoms with Crippen LogP contribution in [0.25, 0.3) is 54.8 Å². The van der Waals surface area contributed by atoms with Crippen LogP contribution >= 0.6 is 0 Å². The van der Waals surface area contributed by atoms with E-state index in [-0.39, 0.29) is 23.7 Å². The number of aromatic nitrogens is 8. The third-order valence-electron chi connectivity index (χ3n) is 14.3. The molecule has 2 unspecified atom stereocenters. The molecule has 0 fully saturated rings. The lowest BCUT2D eigenvalue weighted by atomic mass is 9.86. The molecule has 7 N–H and O–H groups in total. The molecule has 2 atom stereocenters. The first kappa shape index (κ1) is 58.2. The molecule has 0 bridgehead atoms. The third kappa shape index (κ3) is 14.5. The molecule has 12 rings (SSSR count). The first-order valence-electron chi connectivity index (χ1n) is 27.8. The Balaban J connectivity index is 0.000000134. The van der Waals surface area contributed by atoms with Gasteiger partial charge >= 0.3 is 5.97 Å². The minimum Gasteiger partial charge on any atom is -0.463 e. The van der Waals surface area contributed by atoms with E-state index in [0.29, 0.717) is 18.9 Å². The summed E-state index contributed by atoms with van der Waals surface area (Å²) in [6.07, 6.45) is 12.0. The number of hydrogen-bond acceptors (Lipinski definition) is 9. The van der Waals surface area contributed by atoms with Gasteiger partial charge in [0.1, 0.15) is 0 Å². The molecular weight excluding hydrogens is 1050 g/mol. The third-order valence-corrected chi connectivity index (χ3v) is 14.3. The number of hydrogen-bond donors (Lipinski definition) is 7. The number of H-pyrrole nitrogens is 4. The average molecular weight is 1110 g/mol. The van der Waals surface area contributed by atoms with E-state index in [1.54, 1.807) is 45.6 Å². The van der Waals surface area contributed by atoms with Crippen molar-refractivity contribution in [3.05, 3.63) is 276 Å². The van der Waals surface area contributed by atoms with E-state index in [9.17, 15) is 14.4 Å². The van der Waals surface area contributed by atoms with Crippen molar-refractivity contribution in [1.29, 1.82) is 0 Å². The minimum absolute atomic E-state index is 0.0208. The predicted molar refractivity (Wildman–Crippen MR) is 336 cm³/mol. The number of aromatic amines is 4. The van der Waals surface area contributed by atoms with Gasteiger partial charge in [0.15, 0.2) is 0 Å². The summed E-state index contributed by atoms with van der Waals surface area (Å²) >= 11 is 0. The van der Waals surface area contributed by atoms with Gasteiger partial charge in [-0.05, 0) is 107 Å². The lowest BCUT2D eigenvalue weighted by Crippen LogP contribution is -2.21. The molecule has 0 saturated heterocycles. The van der Waals surface area contributed by atoms with Gasteiger partial charge in [0.05, 0.1) is 53.5 Å². The highest BCUT2D eigenvalue weighted by Gasteiger charge is 2.21. The fourth-order valence-electron chi connectivity index (χ4n) is 10.2. The lowest BCUT2D eigenvalue weighted by molar-refractivity contribution is -0.137. The van der Waals surface area contributed by atoms with E-state index < -0.39 is 0 Å². The molecule has 422 valence electrons. The van der Waals surface area contributed by atoms with Crippen LogP contribution in [0, 0.1) is 0 Å². The summed E-state index contributed by atoms with van der Waals surface area (Å²) in [5, 5.41) is 41.3. The van der Waals surface area contributed by atoms with E-state index >= 15 is 0 Å². The number of rotatable bonds is 16. The lowest BCUT2D eigenvalue weighted by Gasteiger charge is -2.18. The van der Waals surface area contributed by atoms with Crippen LogP contribution in [-0.4, -0.2) is 92.9 Å². The number of carbonyl (C=O) groups is 3. The van der Waals surface area contributed by atoms with Gasteiger partial charge in [0.2, 0.25) is 11.8 Å². The van der Waals surface area contributed by atoms with Crippen LogP contribution in [0.2, 0.25) is 0 Å². The molecule has 15 heteroatoms. The van der Waals surface area contributed by atoms with Gasteiger partial charge in [-0.3, -0.25) is 30.0 Å². The zero-order valence-corrected chi connectivity index (χ0v) is 47.3. The van der Waals surface area contributed by atoms with Crippen LogP contribution in [0.1, 0.15) is 76.1 Å². The Bertz CT molecular complexity index is 4110. The second-order valence-electron chi connectivity index (χ2n) is 19.5. The van der Waals surface area contributed by atoms with Crippen molar-refractivity contribution in [3.63, 3.8) is 0 Å². The molecule has 2 amide bonds. The van der Waals surface area contributed by atoms with Gasteiger partial charge in [-0.15, -0.1) is 0 Å². The molecule has 84 heavy (non-hydrogen) atoms. The van der Waals surface area contributed by atoms with Crippen LogP contribution in [0.15, 0.2) is 231 Å². The maximum atomic E-state index is 12.0. The summed E-state index contributed by atoms with van der Waals surface area (Å²) in [5.74, 6) is -0.0297. The Hall–Kier alpha value is -10.5. The van der Waals surface area contributed by atoms with Crippen molar-refractivity contribution in [2.24, 2.45) is 0 Å². The Kier molecular flexibility index (Phi) is 20.3. The van der Waals surface area contributed by atoms with Crippen molar-refractivity contribution in [2.45, 2.75) is 31.6 Å². The Morgan fingerprint density at radius 1 is 0.464 bits per heavy atom. The Morgan fingerprint density at radius 2 is 0.869 bits per heavy atom. The summed E-state index contributed by atoms with van der Waals surface area (Å²) in [6.45, 7) is 3.14. The molecule has 15 nitrogen and oxygen atoms in total. The number of ether oxygens (including phenoxy) is 1. The van der Waals surface area contributed by atoms with E-state index in [1.807, 2.05) is 147 Å². The average Bonchev–Trinajstić information content (AvgIpc) is 4.19. The summed E-state index contributed by atoms with van der Waals surface area (Å²) in [7, 11) is 5.29. The molecule has 8 aromatic carbocycles. The molecule has 4 heterocycles. The number of esters is 1. The van der Waals surface area contributed by atoms with Crippen molar-refractivity contribution < 1.29 is 19.1 Å². The second kappa shape index (κ2) is 29.3. The standard InChI is InChI=1S/C18H16N2O2.C17H17N3O.C17H15N3O.C17H19N3/c1-2-22-18(21)11-15(13-7-4-3-5-8-13)14-9-6-10-17-16(14)12-19-20-17;2*1-18-17(21)10-14(12-6-3-2-4-7-12)13-8-5-9-16-15(13)11-19-20-16;1-18-11-10-14(13-6-3-2-4-7-13)15-8-5-9-17-16(15)12-19-20-17/h3-12H,2H2,1H3,(H,19,20);2-9,11,14H,10H2,1H3,(H,18,21)(H,19,20);2-11H,1H3,(H,18,21)(H,19,20);2-9,12,14,18H,10-11H2,1H3,(H,19,20)/b15-11+;;14-10+;. The van der Waals surface area contributed by atoms with E-state index in [2.05, 4.69) is 123 Å². The smallest absolute Gasteiger partial charge is 0.331 e. The fraction of sp³-hybridized carbons (Fsp3) is 0.145. The topological polar surface area (TPSA) is 211 Å². The number of fused-ring (bicyclic) bond motifs is 4. The molecule has 0 spiro atoms. The monoisotopic (exact) mass is 1110 g/mol. The van der Waals surface area contributed by atoms with Crippen molar-refractivity contribution >= 4 is 72.5 Å². The van der Waals surface area contributed by atoms with Crippen molar-refractivity contribution in [2.75, 3.05) is 34.3 Å². The van der Waals surface area contributed by atoms with Gasteiger partial charge in [-0.25, -0.2) is 4.79 Å². The molecule has 12 aromatic rings. The van der Waals surface area contributed by atoms with Gasteiger partial charge in [-0.1, -0.05) is 170 Å². The van der Waals surface area contributed by atoms with Crippen LogP contribution in [0.4, 0.5) is 0 Å². The maximum Gasteiger partial charge on any atom is 0.331 e. The van der Waals surface area contributed by atoms with Crippen LogP contribution in [0.5, 0.6) is 0 Å². The molecule has 0 aliphatic rings. The highest BCUT2D eigenvalue weighted by molar-refractivity contribution is 6.05. The Labute approximate surface area is 487 Å². The minimum atomic E-state index is -0.346. The molecule has 0 aliphatic heterocycles. The highest BCUT2D eigenvalue weighted by atomic mass is 16.5. The predicted octanol–water partition coefficient (Wildman–Crippen LogP) is 12.4.